The second-order valence-electron chi connectivity index (χ2n) is 9.40. The van der Waals surface area contributed by atoms with Crippen LogP contribution in [0.3, 0.4) is 0 Å². The standard InChI is InChI=1S/C24H37FN2O2/c1-18(2)15-22(16-24(5,6)20-7-9-21(25)10-8-20)26-11-13-27(14-12-26)23(28)29-17-19(3)4/h7-10,15,19,22H,11-14,16-17H2,1-6H3. The summed E-state index contributed by atoms with van der Waals surface area (Å²) in [5.41, 5.74) is 2.34. The fourth-order valence-corrected chi connectivity index (χ4v) is 3.79. The van der Waals surface area contributed by atoms with Gasteiger partial charge in [0.1, 0.15) is 5.82 Å². The first-order valence-electron chi connectivity index (χ1n) is 10.7. The van der Waals surface area contributed by atoms with Crippen LogP contribution in [0.1, 0.15) is 53.5 Å². The molecular weight excluding hydrogens is 367 g/mol. The summed E-state index contributed by atoms with van der Waals surface area (Å²) < 4.78 is 18.7. The van der Waals surface area contributed by atoms with Gasteiger partial charge in [-0.25, -0.2) is 9.18 Å². The number of carbonyl (C=O) groups is 1. The highest BCUT2D eigenvalue weighted by atomic mass is 19.1. The van der Waals surface area contributed by atoms with Gasteiger partial charge in [0.25, 0.3) is 0 Å². The summed E-state index contributed by atoms with van der Waals surface area (Å²) in [4.78, 5) is 16.5. The van der Waals surface area contributed by atoms with Gasteiger partial charge in [-0.05, 0) is 49.3 Å². The zero-order valence-electron chi connectivity index (χ0n) is 18.9. The number of carbonyl (C=O) groups excluding carboxylic acids is 1. The van der Waals surface area contributed by atoms with Crippen molar-refractivity contribution in [2.24, 2.45) is 5.92 Å². The van der Waals surface area contributed by atoms with Crippen LogP contribution >= 0.6 is 0 Å². The van der Waals surface area contributed by atoms with Gasteiger partial charge in [-0.1, -0.05) is 51.5 Å². The Morgan fingerprint density at radius 1 is 1.14 bits per heavy atom. The minimum absolute atomic E-state index is 0.0857. The fraction of sp³-hybridized carbons (Fsp3) is 0.625. The minimum Gasteiger partial charge on any atom is -0.449 e. The topological polar surface area (TPSA) is 32.8 Å². The molecule has 1 aliphatic rings. The lowest BCUT2D eigenvalue weighted by molar-refractivity contribution is 0.0599. The van der Waals surface area contributed by atoms with E-state index in [1.54, 1.807) is 0 Å². The minimum atomic E-state index is -0.205. The normalized spacial score (nSPS) is 16.6. The largest absolute Gasteiger partial charge is 0.449 e. The number of amides is 1. The summed E-state index contributed by atoms with van der Waals surface area (Å²) in [6.45, 7) is 16.2. The molecule has 2 rings (SSSR count). The molecule has 1 aromatic rings. The number of rotatable bonds is 7. The van der Waals surface area contributed by atoms with E-state index in [9.17, 15) is 9.18 Å². The van der Waals surface area contributed by atoms with Crippen molar-refractivity contribution in [3.05, 3.63) is 47.3 Å². The molecule has 4 nitrogen and oxygen atoms in total. The first-order chi connectivity index (χ1) is 13.6. The molecule has 1 saturated heterocycles. The number of hydrogen-bond acceptors (Lipinski definition) is 3. The molecule has 0 N–H and O–H groups in total. The van der Waals surface area contributed by atoms with Crippen molar-refractivity contribution < 1.29 is 13.9 Å². The van der Waals surface area contributed by atoms with Crippen LogP contribution < -0.4 is 0 Å². The maximum atomic E-state index is 13.3. The van der Waals surface area contributed by atoms with E-state index in [-0.39, 0.29) is 23.4 Å². The van der Waals surface area contributed by atoms with Crippen LogP contribution in [0.2, 0.25) is 0 Å². The highest BCUT2D eigenvalue weighted by Crippen LogP contribution is 2.31. The molecule has 1 atom stereocenters. The molecule has 162 valence electrons. The lowest BCUT2D eigenvalue weighted by atomic mass is 9.78. The fourth-order valence-electron chi connectivity index (χ4n) is 3.79. The van der Waals surface area contributed by atoms with E-state index in [1.165, 1.54) is 17.7 Å². The average molecular weight is 405 g/mol. The molecule has 1 aromatic carbocycles. The van der Waals surface area contributed by atoms with Gasteiger partial charge in [0.2, 0.25) is 0 Å². The second kappa shape index (κ2) is 10.2. The van der Waals surface area contributed by atoms with Gasteiger partial charge >= 0.3 is 6.09 Å². The van der Waals surface area contributed by atoms with Gasteiger partial charge in [-0.3, -0.25) is 4.90 Å². The molecule has 0 aromatic heterocycles. The third-order valence-electron chi connectivity index (χ3n) is 5.45. The van der Waals surface area contributed by atoms with Crippen molar-refractivity contribution in [1.82, 2.24) is 9.80 Å². The zero-order chi connectivity index (χ0) is 21.6. The third-order valence-corrected chi connectivity index (χ3v) is 5.45. The number of piperazine rings is 1. The van der Waals surface area contributed by atoms with Crippen molar-refractivity contribution in [3.63, 3.8) is 0 Å². The molecule has 1 amide bonds. The highest BCUT2D eigenvalue weighted by molar-refractivity contribution is 5.67. The van der Waals surface area contributed by atoms with Gasteiger partial charge in [-0.15, -0.1) is 0 Å². The lowest BCUT2D eigenvalue weighted by Gasteiger charge is -2.41. The average Bonchev–Trinajstić information content (AvgIpc) is 2.65. The second-order valence-corrected chi connectivity index (χ2v) is 9.40. The molecule has 1 unspecified atom stereocenters. The Bertz CT molecular complexity index is 685. The smallest absolute Gasteiger partial charge is 0.409 e. The maximum Gasteiger partial charge on any atom is 0.409 e. The van der Waals surface area contributed by atoms with E-state index in [4.69, 9.17) is 4.74 Å². The molecule has 1 aliphatic heterocycles. The highest BCUT2D eigenvalue weighted by Gasteiger charge is 2.31. The van der Waals surface area contributed by atoms with Gasteiger partial charge in [0.15, 0.2) is 0 Å². The molecule has 0 radical (unpaired) electrons. The van der Waals surface area contributed by atoms with Crippen LogP contribution in [0.25, 0.3) is 0 Å². The summed E-state index contributed by atoms with van der Waals surface area (Å²) >= 11 is 0. The number of benzene rings is 1. The van der Waals surface area contributed by atoms with Gasteiger partial charge < -0.3 is 9.64 Å². The van der Waals surface area contributed by atoms with Crippen LogP contribution in [0.5, 0.6) is 0 Å². The SMILES string of the molecule is CC(C)=CC(CC(C)(C)c1ccc(F)cc1)N1CCN(C(=O)OCC(C)C)CC1. The Hall–Kier alpha value is -1.88. The van der Waals surface area contributed by atoms with Crippen molar-refractivity contribution >= 4 is 6.09 Å². The van der Waals surface area contributed by atoms with E-state index in [0.29, 0.717) is 25.6 Å². The Kier molecular flexibility index (Phi) is 8.26. The quantitative estimate of drug-likeness (QED) is 0.583. The van der Waals surface area contributed by atoms with E-state index < -0.39 is 0 Å². The summed E-state index contributed by atoms with van der Waals surface area (Å²) in [5, 5.41) is 0. The van der Waals surface area contributed by atoms with Crippen LogP contribution in [-0.2, 0) is 10.2 Å². The molecule has 0 aliphatic carbocycles. The van der Waals surface area contributed by atoms with Crippen molar-refractivity contribution in [2.75, 3.05) is 32.8 Å². The molecule has 5 heteroatoms. The van der Waals surface area contributed by atoms with Crippen LogP contribution in [0.4, 0.5) is 9.18 Å². The van der Waals surface area contributed by atoms with Crippen molar-refractivity contribution in [2.45, 2.75) is 59.4 Å². The molecule has 0 bridgehead atoms. The summed E-state index contributed by atoms with van der Waals surface area (Å²) in [7, 11) is 0. The first kappa shape index (κ1) is 23.4. The Morgan fingerprint density at radius 3 is 2.24 bits per heavy atom. The molecule has 1 fully saturated rings. The predicted octanol–water partition coefficient (Wildman–Crippen LogP) is 5.24. The van der Waals surface area contributed by atoms with Crippen LogP contribution in [0.15, 0.2) is 35.9 Å². The summed E-state index contributed by atoms with van der Waals surface area (Å²) in [6, 6.07) is 7.12. The zero-order valence-corrected chi connectivity index (χ0v) is 18.9. The molecule has 0 spiro atoms. The van der Waals surface area contributed by atoms with Crippen LogP contribution in [-0.4, -0.2) is 54.7 Å². The molecule has 0 saturated carbocycles. The summed E-state index contributed by atoms with van der Waals surface area (Å²) in [5.74, 6) is 0.141. The Morgan fingerprint density at radius 2 is 1.72 bits per heavy atom. The van der Waals surface area contributed by atoms with Gasteiger partial charge in [0.05, 0.1) is 6.61 Å². The van der Waals surface area contributed by atoms with Gasteiger partial charge in [-0.2, -0.15) is 0 Å². The van der Waals surface area contributed by atoms with E-state index in [0.717, 1.165) is 25.1 Å². The predicted molar refractivity (Wildman–Crippen MR) is 117 cm³/mol. The first-order valence-corrected chi connectivity index (χ1v) is 10.7. The number of halogens is 1. The maximum absolute atomic E-state index is 13.3. The van der Waals surface area contributed by atoms with Crippen molar-refractivity contribution in [3.8, 4) is 0 Å². The number of allylic oxidation sites excluding steroid dienone is 1. The third kappa shape index (κ3) is 7.14. The Labute approximate surface area is 175 Å². The van der Waals surface area contributed by atoms with Crippen LogP contribution in [0, 0.1) is 11.7 Å². The monoisotopic (exact) mass is 404 g/mol. The Balaban J connectivity index is 2.03. The number of ether oxygens (including phenoxy) is 1. The molecular formula is C24H37FN2O2. The number of hydrogen-bond donors (Lipinski definition) is 0. The lowest BCUT2D eigenvalue weighted by Crippen LogP contribution is -2.52. The molecule has 29 heavy (non-hydrogen) atoms. The van der Waals surface area contributed by atoms with E-state index >= 15 is 0 Å². The summed E-state index contributed by atoms with van der Waals surface area (Å²) in [6.07, 6.45) is 3.04. The van der Waals surface area contributed by atoms with Crippen molar-refractivity contribution in [1.29, 1.82) is 0 Å². The van der Waals surface area contributed by atoms with E-state index in [2.05, 4.69) is 38.7 Å². The molecule has 1 heterocycles. The number of nitrogens with zero attached hydrogens (tertiary/aromatic N) is 2. The van der Waals surface area contributed by atoms with Gasteiger partial charge in [0, 0.05) is 32.2 Å². The van der Waals surface area contributed by atoms with E-state index in [1.807, 2.05) is 30.9 Å².